The average molecular weight is 171 g/mol. The van der Waals surface area contributed by atoms with E-state index >= 15 is 0 Å². The summed E-state index contributed by atoms with van der Waals surface area (Å²) < 4.78 is 5.03. The zero-order valence-corrected chi connectivity index (χ0v) is 7.58. The molecule has 3 heteroatoms. The van der Waals surface area contributed by atoms with Gasteiger partial charge >= 0.3 is 5.97 Å². The molecule has 0 aromatic carbocycles. The fourth-order valence-corrected chi connectivity index (χ4v) is 0.971. The number of nitrogens with two attached hydrogens (primary N) is 1. The van der Waals surface area contributed by atoms with Crippen LogP contribution in [0.25, 0.3) is 0 Å². The number of hydrogen-bond acceptors (Lipinski definition) is 3. The summed E-state index contributed by atoms with van der Waals surface area (Å²) in [4.78, 5) is 11.1. The highest BCUT2D eigenvalue weighted by molar-refractivity contribution is 5.72. The highest BCUT2D eigenvalue weighted by Crippen LogP contribution is 2.32. The zero-order valence-electron chi connectivity index (χ0n) is 7.58. The van der Waals surface area contributed by atoms with Crippen LogP contribution < -0.4 is 5.73 Å². The lowest BCUT2D eigenvalue weighted by molar-refractivity contribution is -0.147. The molecule has 3 nitrogen and oxygen atoms in total. The Morgan fingerprint density at radius 3 is 2.83 bits per heavy atom. The van der Waals surface area contributed by atoms with Crippen LogP contribution in [0.15, 0.2) is 0 Å². The van der Waals surface area contributed by atoms with Crippen molar-refractivity contribution in [2.24, 2.45) is 17.6 Å². The van der Waals surface area contributed by atoms with E-state index in [4.69, 9.17) is 10.5 Å². The lowest BCUT2D eigenvalue weighted by atomic mass is 10.2. The number of carbonyl (C=O) groups is 1. The second-order valence-corrected chi connectivity index (χ2v) is 3.54. The Morgan fingerprint density at radius 1 is 1.67 bits per heavy atom. The molecule has 0 aliphatic heterocycles. The third-order valence-electron chi connectivity index (χ3n) is 2.22. The molecule has 1 atom stereocenters. The summed E-state index contributed by atoms with van der Waals surface area (Å²) in [7, 11) is 0. The molecule has 0 saturated heterocycles. The van der Waals surface area contributed by atoms with Crippen molar-refractivity contribution in [3.8, 4) is 0 Å². The van der Waals surface area contributed by atoms with Crippen molar-refractivity contribution in [1.82, 2.24) is 0 Å². The van der Waals surface area contributed by atoms with Gasteiger partial charge in [0.05, 0.1) is 12.5 Å². The highest BCUT2D eigenvalue weighted by Gasteiger charge is 2.21. The maximum absolute atomic E-state index is 11.1. The smallest absolute Gasteiger partial charge is 0.309 e. The first kappa shape index (κ1) is 9.52. The van der Waals surface area contributed by atoms with Gasteiger partial charge in [0.25, 0.3) is 0 Å². The minimum absolute atomic E-state index is 0.149. The van der Waals surface area contributed by atoms with Crippen molar-refractivity contribution < 1.29 is 9.53 Å². The molecule has 0 amide bonds. The zero-order chi connectivity index (χ0) is 8.97. The van der Waals surface area contributed by atoms with Crippen LogP contribution >= 0.6 is 0 Å². The fourth-order valence-electron chi connectivity index (χ4n) is 0.971. The molecule has 1 aliphatic carbocycles. The Balaban J connectivity index is 2.00. The Morgan fingerprint density at radius 2 is 2.33 bits per heavy atom. The van der Waals surface area contributed by atoms with Gasteiger partial charge in [-0.15, -0.1) is 0 Å². The molecule has 1 rings (SSSR count). The summed E-state index contributed by atoms with van der Waals surface area (Å²) in [6.07, 6.45) is 3.65. The molecule has 12 heavy (non-hydrogen) atoms. The molecule has 0 aromatic rings. The number of carbonyl (C=O) groups excluding carboxylic acids is 1. The van der Waals surface area contributed by atoms with Gasteiger partial charge in [-0.1, -0.05) is 19.8 Å². The fraction of sp³-hybridized carbons (Fsp3) is 0.889. The van der Waals surface area contributed by atoms with E-state index in [0.717, 1.165) is 12.3 Å². The first-order chi connectivity index (χ1) is 5.74. The van der Waals surface area contributed by atoms with E-state index in [1.54, 1.807) is 6.92 Å². The first-order valence-electron chi connectivity index (χ1n) is 4.60. The molecule has 0 spiro atoms. The van der Waals surface area contributed by atoms with Gasteiger partial charge in [-0.2, -0.15) is 0 Å². The average Bonchev–Trinajstić information content (AvgIpc) is 2.86. The van der Waals surface area contributed by atoms with Crippen molar-refractivity contribution in [1.29, 1.82) is 0 Å². The quantitative estimate of drug-likeness (QED) is 0.626. The number of ether oxygens (including phenoxy) is 1. The van der Waals surface area contributed by atoms with E-state index in [2.05, 4.69) is 0 Å². The van der Waals surface area contributed by atoms with Gasteiger partial charge < -0.3 is 10.5 Å². The molecule has 2 N–H and O–H groups in total. The summed E-state index contributed by atoms with van der Waals surface area (Å²) in [6.45, 7) is 2.75. The Bertz CT molecular complexity index is 155. The van der Waals surface area contributed by atoms with Gasteiger partial charge in [0.15, 0.2) is 0 Å². The largest absolute Gasteiger partial charge is 0.465 e. The number of hydrogen-bond donors (Lipinski definition) is 1. The van der Waals surface area contributed by atoms with Crippen LogP contribution in [0.3, 0.4) is 0 Å². The van der Waals surface area contributed by atoms with Crippen molar-refractivity contribution in [3.63, 3.8) is 0 Å². The van der Waals surface area contributed by atoms with Gasteiger partial charge in [-0.05, 0) is 12.3 Å². The minimum Gasteiger partial charge on any atom is -0.465 e. The van der Waals surface area contributed by atoms with E-state index in [0.29, 0.717) is 13.2 Å². The molecule has 0 bridgehead atoms. The predicted octanol–water partition coefficient (Wildman–Crippen LogP) is 0.924. The molecule has 0 heterocycles. The maximum Gasteiger partial charge on any atom is 0.309 e. The number of rotatable bonds is 5. The minimum atomic E-state index is -0.154. The number of esters is 1. The normalized spacial score (nSPS) is 18.8. The Hall–Kier alpha value is -0.570. The molecule has 1 aliphatic rings. The molecule has 70 valence electrons. The Labute approximate surface area is 73.3 Å². The summed E-state index contributed by atoms with van der Waals surface area (Å²) in [5.41, 5.74) is 5.32. The SMILES string of the molecule is CC(CN)C(=O)OCCC1CC1. The third kappa shape index (κ3) is 3.22. The molecule has 1 saturated carbocycles. The van der Waals surface area contributed by atoms with Crippen molar-refractivity contribution in [2.75, 3.05) is 13.2 Å². The van der Waals surface area contributed by atoms with Crippen molar-refractivity contribution >= 4 is 5.97 Å². The predicted molar refractivity (Wildman–Crippen MR) is 46.5 cm³/mol. The van der Waals surface area contributed by atoms with Gasteiger partial charge in [-0.3, -0.25) is 4.79 Å². The second kappa shape index (κ2) is 4.45. The summed E-state index contributed by atoms with van der Waals surface area (Å²) in [5.74, 6) is 0.522. The van der Waals surface area contributed by atoms with Crippen LogP contribution in [-0.2, 0) is 9.53 Å². The summed E-state index contributed by atoms with van der Waals surface area (Å²) >= 11 is 0. The topological polar surface area (TPSA) is 52.3 Å². The lowest BCUT2D eigenvalue weighted by Gasteiger charge is -2.08. The summed E-state index contributed by atoms with van der Waals surface area (Å²) in [5, 5.41) is 0. The van der Waals surface area contributed by atoms with E-state index in [-0.39, 0.29) is 11.9 Å². The van der Waals surface area contributed by atoms with Gasteiger partial charge in [0, 0.05) is 6.54 Å². The van der Waals surface area contributed by atoms with Gasteiger partial charge in [0.1, 0.15) is 0 Å². The van der Waals surface area contributed by atoms with Crippen LogP contribution in [-0.4, -0.2) is 19.1 Å². The van der Waals surface area contributed by atoms with Crippen LogP contribution in [0.2, 0.25) is 0 Å². The van der Waals surface area contributed by atoms with Crippen LogP contribution in [0.1, 0.15) is 26.2 Å². The van der Waals surface area contributed by atoms with Crippen LogP contribution in [0, 0.1) is 11.8 Å². The van der Waals surface area contributed by atoms with Crippen molar-refractivity contribution in [2.45, 2.75) is 26.2 Å². The molecular formula is C9H17NO2. The second-order valence-electron chi connectivity index (χ2n) is 3.54. The van der Waals surface area contributed by atoms with Crippen molar-refractivity contribution in [3.05, 3.63) is 0 Å². The molecule has 1 unspecified atom stereocenters. The van der Waals surface area contributed by atoms with E-state index in [1.807, 2.05) is 0 Å². The monoisotopic (exact) mass is 171 g/mol. The van der Waals surface area contributed by atoms with Gasteiger partial charge in [0.2, 0.25) is 0 Å². The molecule has 0 radical (unpaired) electrons. The third-order valence-corrected chi connectivity index (χ3v) is 2.22. The van der Waals surface area contributed by atoms with E-state index in [1.165, 1.54) is 12.8 Å². The van der Waals surface area contributed by atoms with E-state index < -0.39 is 0 Å². The lowest BCUT2D eigenvalue weighted by Crippen LogP contribution is -2.23. The summed E-state index contributed by atoms with van der Waals surface area (Å²) in [6, 6.07) is 0. The van der Waals surface area contributed by atoms with Crippen LogP contribution in [0.4, 0.5) is 0 Å². The maximum atomic E-state index is 11.1. The Kier molecular flexibility index (Phi) is 3.53. The van der Waals surface area contributed by atoms with E-state index in [9.17, 15) is 4.79 Å². The molecule has 0 aromatic heterocycles. The van der Waals surface area contributed by atoms with Gasteiger partial charge in [-0.25, -0.2) is 0 Å². The standard InChI is InChI=1S/C9H17NO2/c1-7(6-10)9(11)12-5-4-8-2-3-8/h7-8H,2-6,10H2,1H3. The molecule has 1 fully saturated rings. The van der Waals surface area contributed by atoms with Crippen LogP contribution in [0.5, 0.6) is 0 Å². The first-order valence-corrected chi connectivity index (χ1v) is 4.60. The molecular weight excluding hydrogens is 154 g/mol. The highest BCUT2D eigenvalue weighted by atomic mass is 16.5.